The summed E-state index contributed by atoms with van der Waals surface area (Å²) >= 11 is 0. The Morgan fingerprint density at radius 3 is 0.842 bits per heavy atom. The monoisotopic (exact) mass is 311 g/mol. The number of rotatable bonds is 0. The summed E-state index contributed by atoms with van der Waals surface area (Å²) < 4.78 is 0. The average Bonchev–Trinajstić information content (AvgIpc) is 2.33. The quantitative estimate of drug-likeness (QED) is 0.604. The van der Waals surface area contributed by atoms with E-state index in [1.54, 1.807) is 0 Å². The maximum atomic E-state index is 2.46. The van der Waals surface area contributed by atoms with E-state index in [1.165, 1.54) is 65.2 Å². The fourth-order valence-electron chi connectivity index (χ4n) is 2.35. The van der Waals surface area contributed by atoms with Gasteiger partial charge in [0.2, 0.25) is 0 Å². The van der Waals surface area contributed by atoms with Crippen LogP contribution in [0.15, 0.2) is 0 Å². The minimum Gasteiger partial charge on any atom is -0.305 e. The minimum absolute atomic E-state index is 0. The molecule has 19 heavy (non-hydrogen) atoms. The van der Waals surface area contributed by atoms with Gasteiger partial charge in [0.1, 0.15) is 0 Å². The molecule has 1 aliphatic rings. The number of hydrogen-bond donors (Lipinski definition) is 0. The van der Waals surface area contributed by atoms with Gasteiger partial charge in [0.15, 0.2) is 0 Å². The smallest absolute Gasteiger partial charge is 0.305 e. The van der Waals surface area contributed by atoms with Crippen LogP contribution < -0.4 is 0 Å². The molecule has 113 valence electrons. The zero-order chi connectivity index (χ0) is 13.4. The molecule has 0 N–H and O–H groups in total. The van der Waals surface area contributed by atoms with Crippen LogP contribution in [0.1, 0.15) is 12.8 Å². The number of likely N-dealkylation sites (N-methyl/N-ethyl adjacent to an activating group) is 4. The Kier molecular flexibility index (Phi) is 11.3. The van der Waals surface area contributed by atoms with Crippen LogP contribution in [0.2, 0.25) is 0 Å². The molecule has 0 amide bonds. The molecule has 0 aliphatic carbocycles. The molecule has 1 heterocycles. The minimum atomic E-state index is 0. The van der Waals surface area contributed by atoms with E-state index >= 15 is 0 Å². The standard InChI is InChI=1S/C14H32N4.Mn/c1-15-7-5-8-17(3)13-14-18(4)10-6-9-16(2)12-11-15;/h5-14H2,1-4H3;/q;+2. The maximum absolute atomic E-state index is 2.46. The second-order valence-corrected chi connectivity index (χ2v) is 5.92. The first kappa shape index (κ1) is 19.4. The van der Waals surface area contributed by atoms with Crippen molar-refractivity contribution >= 4 is 0 Å². The molecule has 0 bridgehead atoms. The van der Waals surface area contributed by atoms with Crippen molar-refractivity contribution in [3.05, 3.63) is 0 Å². The summed E-state index contributed by atoms with van der Waals surface area (Å²) in [6.45, 7) is 9.63. The second-order valence-electron chi connectivity index (χ2n) is 5.92. The first-order valence-electron chi connectivity index (χ1n) is 7.32. The van der Waals surface area contributed by atoms with Crippen LogP contribution >= 0.6 is 0 Å². The van der Waals surface area contributed by atoms with Crippen molar-refractivity contribution in [3.63, 3.8) is 0 Å². The van der Waals surface area contributed by atoms with Crippen molar-refractivity contribution < 1.29 is 17.1 Å². The first-order valence-corrected chi connectivity index (χ1v) is 7.32. The molecule has 1 radical (unpaired) electrons. The Bertz CT molecular complexity index is 174. The van der Waals surface area contributed by atoms with Gasteiger partial charge in [0.25, 0.3) is 0 Å². The van der Waals surface area contributed by atoms with E-state index < -0.39 is 0 Å². The predicted octanol–water partition coefficient (Wildman–Crippen LogP) is 0.505. The molecular formula is C14H32MnN4+2. The molecule has 0 aromatic heterocycles. The van der Waals surface area contributed by atoms with Gasteiger partial charge in [-0.05, 0) is 67.2 Å². The molecule has 1 aliphatic heterocycles. The number of hydrogen-bond acceptors (Lipinski definition) is 4. The Morgan fingerprint density at radius 2 is 0.632 bits per heavy atom. The van der Waals surface area contributed by atoms with Crippen LogP contribution in [0.5, 0.6) is 0 Å². The van der Waals surface area contributed by atoms with Crippen molar-refractivity contribution in [2.24, 2.45) is 0 Å². The van der Waals surface area contributed by atoms with Gasteiger partial charge in [-0.25, -0.2) is 0 Å². The van der Waals surface area contributed by atoms with E-state index in [4.69, 9.17) is 0 Å². The third-order valence-electron chi connectivity index (χ3n) is 3.89. The fraction of sp³-hybridized carbons (Fsp3) is 1.00. The summed E-state index contributed by atoms with van der Waals surface area (Å²) in [4.78, 5) is 9.84. The summed E-state index contributed by atoms with van der Waals surface area (Å²) in [7, 11) is 8.97. The molecular weight excluding hydrogens is 279 g/mol. The van der Waals surface area contributed by atoms with Crippen LogP contribution in [-0.4, -0.2) is 100 Å². The SMILES string of the molecule is CN1CCCN(C)CCN(C)CCCN(C)CC1.[Mn+2]. The van der Waals surface area contributed by atoms with Crippen LogP contribution in [0.3, 0.4) is 0 Å². The van der Waals surface area contributed by atoms with E-state index in [-0.39, 0.29) is 17.1 Å². The summed E-state index contributed by atoms with van der Waals surface area (Å²) in [6.07, 6.45) is 2.56. The molecule has 0 unspecified atom stereocenters. The normalized spacial score (nSPS) is 24.6. The second kappa shape index (κ2) is 11.1. The molecule has 0 aromatic rings. The van der Waals surface area contributed by atoms with Crippen molar-refractivity contribution in [2.75, 3.05) is 80.5 Å². The average molecular weight is 311 g/mol. The topological polar surface area (TPSA) is 13.0 Å². The Morgan fingerprint density at radius 1 is 0.421 bits per heavy atom. The Balaban J connectivity index is 0.00000324. The van der Waals surface area contributed by atoms with Gasteiger partial charge in [-0.1, -0.05) is 0 Å². The summed E-state index contributed by atoms with van der Waals surface area (Å²) in [6, 6.07) is 0. The van der Waals surface area contributed by atoms with Crippen molar-refractivity contribution in [3.8, 4) is 0 Å². The van der Waals surface area contributed by atoms with E-state index in [1.807, 2.05) is 0 Å². The van der Waals surface area contributed by atoms with E-state index in [0.29, 0.717) is 0 Å². The van der Waals surface area contributed by atoms with Gasteiger partial charge in [-0.3, -0.25) is 0 Å². The zero-order valence-corrected chi connectivity index (χ0v) is 14.4. The first-order chi connectivity index (χ1) is 8.58. The predicted molar refractivity (Wildman–Crippen MR) is 79.2 cm³/mol. The molecule has 0 saturated carbocycles. The molecule has 0 aromatic carbocycles. The third kappa shape index (κ3) is 9.83. The Labute approximate surface area is 130 Å². The summed E-state index contributed by atoms with van der Waals surface area (Å²) in [5.74, 6) is 0. The van der Waals surface area contributed by atoms with Gasteiger partial charge in [-0.2, -0.15) is 0 Å². The third-order valence-corrected chi connectivity index (χ3v) is 3.89. The molecule has 0 spiro atoms. The van der Waals surface area contributed by atoms with Crippen LogP contribution in [0, 0.1) is 0 Å². The maximum Gasteiger partial charge on any atom is 2.00 e. The Hall–Kier alpha value is 0.359. The van der Waals surface area contributed by atoms with E-state index in [2.05, 4.69) is 47.8 Å². The van der Waals surface area contributed by atoms with E-state index in [9.17, 15) is 0 Å². The summed E-state index contributed by atoms with van der Waals surface area (Å²) in [5.41, 5.74) is 0. The van der Waals surface area contributed by atoms with Gasteiger partial charge in [0.05, 0.1) is 0 Å². The molecule has 1 fully saturated rings. The fourth-order valence-corrected chi connectivity index (χ4v) is 2.35. The van der Waals surface area contributed by atoms with Gasteiger partial charge < -0.3 is 19.6 Å². The zero-order valence-electron chi connectivity index (χ0n) is 13.2. The molecule has 4 nitrogen and oxygen atoms in total. The summed E-state index contributed by atoms with van der Waals surface area (Å²) in [5, 5.41) is 0. The largest absolute Gasteiger partial charge is 2.00 e. The van der Waals surface area contributed by atoms with Gasteiger partial charge in [0, 0.05) is 26.2 Å². The number of nitrogens with zero attached hydrogens (tertiary/aromatic N) is 4. The molecule has 1 rings (SSSR count). The molecule has 1 saturated heterocycles. The molecule has 5 heteroatoms. The van der Waals surface area contributed by atoms with E-state index in [0.717, 1.165) is 0 Å². The van der Waals surface area contributed by atoms with Crippen molar-refractivity contribution in [1.29, 1.82) is 0 Å². The van der Waals surface area contributed by atoms with Crippen LogP contribution in [-0.2, 0) is 17.1 Å². The van der Waals surface area contributed by atoms with Crippen LogP contribution in [0.25, 0.3) is 0 Å². The van der Waals surface area contributed by atoms with Crippen LogP contribution in [0.4, 0.5) is 0 Å². The van der Waals surface area contributed by atoms with Gasteiger partial charge >= 0.3 is 17.1 Å². The van der Waals surface area contributed by atoms with Crippen molar-refractivity contribution in [1.82, 2.24) is 19.6 Å². The molecule has 0 atom stereocenters. The van der Waals surface area contributed by atoms with Crippen molar-refractivity contribution in [2.45, 2.75) is 12.8 Å². The van der Waals surface area contributed by atoms with Gasteiger partial charge in [-0.15, -0.1) is 0 Å².